The van der Waals surface area contributed by atoms with Crippen molar-refractivity contribution in [2.75, 3.05) is 0 Å². The Balaban J connectivity index is 1.54. The molecule has 5 nitrogen and oxygen atoms in total. The monoisotopic (exact) mass is 396 g/mol. The highest BCUT2D eigenvalue weighted by molar-refractivity contribution is 5.94. The predicted octanol–water partition coefficient (Wildman–Crippen LogP) is 4.74. The van der Waals surface area contributed by atoms with Gasteiger partial charge in [-0.25, -0.2) is 4.68 Å². The van der Waals surface area contributed by atoms with E-state index in [4.69, 9.17) is 5.10 Å². The minimum Gasteiger partial charge on any atom is -0.328 e. The van der Waals surface area contributed by atoms with Gasteiger partial charge < -0.3 is 9.47 Å². The Morgan fingerprint density at radius 2 is 1.70 bits per heavy atom. The number of hydrogen-bond acceptors (Lipinski definition) is 2. The van der Waals surface area contributed by atoms with Gasteiger partial charge in [-0.1, -0.05) is 18.2 Å². The van der Waals surface area contributed by atoms with Gasteiger partial charge in [0.1, 0.15) is 5.82 Å². The first kappa shape index (κ1) is 18.4. The molecule has 0 aliphatic carbocycles. The van der Waals surface area contributed by atoms with Crippen molar-refractivity contribution in [3.8, 4) is 11.5 Å². The number of rotatable bonds is 3. The second-order valence-electron chi connectivity index (χ2n) is 8.05. The van der Waals surface area contributed by atoms with E-state index in [1.165, 1.54) is 11.1 Å². The van der Waals surface area contributed by atoms with Gasteiger partial charge in [0.2, 0.25) is 0 Å². The van der Waals surface area contributed by atoms with Crippen LogP contribution >= 0.6 is 0 Å². The molecule has 0 saturated heterocycles. The van der Waals surface area contributed by atoms with Gasteiger partial charge in [0.15, 0.2) is 0 Å². The van der Waals surface area contributed by atoms with Crippen LogP contribution in [0.25, 0.3) is 11.5 Å². The number of aromatic nitrogens is 3. The first-order chi connectivity index (χ1) is 14.5. The van der Waals surface area contributed by atoms with Crippen molar-refractivity contribution in [1.82, 2.24) is 19.2 Å². The lowest BCUT2D eigenvalue weighted by molar-refractivity contribution is 0.0749. The van der Waals surface area contributed by atoms with Crippen LogP contribution in [0, 0.1) is 20.8 Å². The van der Waals surface area contributed by atoms with E-state index >= 15 is 0 Å². The highest BCUT2D eigenvalue weighted by atomic mass is 16.2. The quantitative estimate of drug-likeness (QED) is 0.502. The molecule has 0 bridgehead atoms. The molecule has 0 atom stereocenters. The molecular weight excluding hydrogens is 372 g/mol. The van der Waals surface area contributed by atoms with Crippen LogP contribution in [0.2, 0.25) is 0 Å². The van der Waals surface area contributed by atoms with E-state index in [0.717, 1.165) is 33.9 Å². The van der Waals surface area contributed by atoms with Crippen LogP contribution in [0.5, 0.6) is 0 Å². The van der Waals surface area contributed by atoms with Crippen molar-refractivity contribution in [2.24, 2.45) is 0 Å². The Kier molecular flexibility index (Phi) is 4.31. The molecule has 2 aromatic heterocycles. The van der Waals surface area contributed by atoms with E-state index in [0.29, 0.717) is 13.1 Å². The molecule has 5 heteroatoms. The van der Waals surface area contributed by atoms with Crippen molar-refractivity contribution in [3.05, 3.63) is 101 Å². The summed E-state index contributed by atoms with van der Waals surface area (Å²) in [5.74, 6) is 1.05. The zero-order valence-electron chi connectivity index (χ0n) is 17.5. The van der Waals surface area contributed by atoms with Crippen LogP contribution in [0.4, 0.5) is 0 Å². The van der Waals surface area contributed by atoms with Crippen LogP contribution in [-0.2, 0) is 13.1 Å². The fourth-order valence-electron chi connectivity index (χ4n) is 4.08. The molecule has 0 fully saturated rings. The third-order valence-corrected chi connectivity index (χ3v) is 5.87. The highest BCUT2D eigenvalue weighted by Crippen LogP contribution is 2.31. The minimum atomic E-state index is 0.0525. The van der Waals surface area contributed by atoms with E-state index in [-0.39, 0.29) is 5.91 Å². The summed E-state index contributed by atoms with van der Waals surface area (Å²) < 4.78 is 4.08. The van der Waals surface area contributed by atoms with Crippen molar-refractivity contribution < 1.29 is 4.79 Å². The average molecular weight is 396 g/mol. The van der Waals surface area contributed by atoms with Gasteiger partial charge in [-0.15, -0.1) is 0 Å². The molecule has 0 saturated carbocycles. The van der Waals surface area contributed by atoms with Gasteiger partial charge in [-0.05, 0) is 73.9 Å². The Labute approximate surface area is 176 Å². The molecule has 150 valence electrons. The summed E-state index contributed by atoms with van der Waals surface area (Å²) in [6, 6.07) is 18.3. The topological polar surface area (TPSA) is 43.1 Å². The molecule has 0 unspecified atom stereocenters. The van der Waals surface area contributed by atoms with Crippen LogP contribution in [0.15, 0.2) is 67.0 Å². The van der Waals surface area contributed by atoms with E-state index < -0.39 is 0 Å². The molecule has 1 aliphatic rings. The number of hydrogen-bond donors (Lipinski definition) is 0. The van der Waals surface area contributed by atoms with Crippen LogP contribution < -0.4 is 0 Å². The third-order valence-electron chi connectivity index (χ3n) is 5.87. The summed E-state index contributed by atoms with van der Waals surface area (Å²) >= 11 is 0. The third kappa shape index (κ3) is 3.03. The number of fused-ring (bicyclic) bond motifs is 1. The lowest BCUT2D eigenvalue weighted by Crippen LogP contribution is -2.26. The molecular formula is C25H24N4O. The number of carbonyl (C=O) groups excluding carboxylic acids is 1. The number of aryl methyl sites for hydroxylation is 3. The van der Waals surface area contributed by atoms with Crippen molar-refractivity contribution in [1.29, 1.82) is 0 Å². The van der Waals surface area contributed by atoms with E-state index in [1.807, 2.05) is 65.3 Å². The summed E-state index contributed by atoms with van der Waals surface area (Å²) in [5.41, 5.74) is 7.34. The second kappa shape index (κ2) is 7.02. The standard InChI is InChI=1S/C25H24N4O/c1-17-7-6-8-21(13-17)29-24(27-11-4-5-12-27)22-15-28(16-23(22)26-29)25(30)20-10-9-18(2)19(3)14-20/h4-14H,15-16H2,1-3H3. The van der Waals surface area contributed by atoms with Gasteiger partial charge in [0.05, 0.1) is 24.5 Å². The minimum absolute atomic E-state index is 0.0525. The van der Waals surface area contributed by atoms with E-state index in [1.54, 1.807) is 0 Å². The molecule has 4 aromatic rings. The Morgan fingerprint density at radius 3 is 2.43 bits per heavy atom. The molecule has 0 radical (unpaired) electrons. The number of carbonyl (C=O) groups is 1. The van der Waals surface area contributed by atoms with Gasteiger partial charge in [-0.3, -0.25) is 4.79 Å². The molecule has 5 rings (SSSR count). The second-order valence-corrected chi connectivity index (χ2v) is 8.05. The first-order valence-electron chi connectivity index (χ1n) is 10.2. The predicted molar refractivity (Wildman–Crippen MR) is 117 cm³/mol. The maximum absolute atomic E-state index is 13.2. The summed E-state index contributed by atoms with van der Waals surface area (Å²) in [6.45, 7) is 7.27. The van der Waals surface area contributed by atoms with Crippen LogP contribution in [-0.4, -0.2) is 25.2 Å². The molecule has 2 aromatic carbocycles. The molecule has 0 spiro atoms. The molecule has 1 aliphatic heterocycles. The summed E-state index contributed by atoms with van der Waals surface area (Å²) in [7, 11) is 0. The number of amides is 1. The van der Waals surface area contributed by atoms with Gasteiger partial charge in [0, 0.05) is 23.5 Å². The lowest BCUT2D eigenvalue weighted by Gasteiger charge is -2.18. The maximum Gasteiger partial charge on any atom is 0.254 e. The Bertz CT molecular complexity index is 1250. The fourth-order valence-corrected chi connectivity index (χ4v) is 4.08. The molecule has 3 heterocycles. The average Bonchev–Trinajstić information content (AvgIpc) is 3.45. The van der Waals surface area contributed by atoms with Gasteiger partial charge in [0.25, 0.3) is 5.91 Å². The largest absolute Gasteiger partial charge is 0.328 e. The zero-order valence-corrected chi connectivity index (χ0v) is 17.5. The van der Waals surface area contributed by atoms with Crippen molar-refractivity contribution in [2.45, 2.75) is 33.9 Å². The first-order valence-corrected chi connectivity index (χ1v) is 10.2. The summed E-state index contributed by atoms with van der Waals surface area (Å²) in [5, 5.41) is 4.92. The smallest absolute Gasteiger partial charge is 0.254 e. The summed E-state index contributed by atoms with van der Waals surface area (Å²) in [6.07, 6.45) is 4.05. The Morgan fingerprint density at radius 1 is 0.900 bits per heavy atom. The SMILES string of the molecule is Cc1cccc(-n2nc3c(c2-n2cccc2)CN(C(=O)c2ccc(C)c(C)c2)C3)c1. The number of nitrogens with zero attached hydrogens (tertiary/aromatic N) is 4. The lowest BCUT2D eigenvalue weighted by atomic mass is 10.1. The van der Waals surface area contributed by atoms with Crippen molar-refractivity contribution >= 4 is 5.91 Å². The normalized spacial score (nSPS) is 13.0. The zero-order chi connectivity index (χ0) is 20.8. The van der Waals surface area contributed by atoms with Gasteiger partial charge in [-0.2, -0.15) is 5.10 Å². The molecule has 0 N–H and O–H groups in total. The van der Waals surface area contributed by atoms with Crippen LogP contribution in [0.1, 0.15) is 38.3 Å². The van der Waals surface area contributed by atoms with E-state index in [2.05, 4.69) is 36.6 Å². The van der Waals surface area contributed by atoms with E-state index in [9.17, 15) is 4.79 Å². The van der Waals surface area contributed by atoms with Gasteiger partial charge >= 0.3 is 0 Å². The highest BCUT2D eigenvalue weighted by Gasteiger charge is 2.32. The Hall–Kier alpha value is -3.60. The van der Waals surface area contributed by atoms with Crippen LogP contribution in [0.3, 0.4) is 0 Å². The summed E-state index contributed by atoms with van der Waals surface area (Å²) in [4.78, 5) is 15.0. The fraction of sp³-hybridized carbons (Fsp3) is 0.200. The molecule has 30 heavy (non-hydrogen) atoms. The van der Waals surface area contributed by atoms with Crippen molar-refractivity contribution in [3.63, 3.8) is 0 Å². The maximum atomic E-state index is 13.2. The number of benzene rings is 2. The molecule has 1 amide bonds.